The average molecular weight is 458 g/mol. The van der Waals surface area contributed by atoms with E-state index < -0.39 is 0 Å². The highest BCUT2D eigenvalue weighted by atomic mass is 127. The Morgan fingerprint density at radius 2 is 1.65 bits per heavy atom. The third-order valence-electron chi connectivity index (χ3n) is 3.66. The SMILES string of the molecule is O=C(CNc1ccc(I)cc1)Nc1cccc(OCc2ccccc2)c1. The Hall–Kier alpha value is -2.54. The van der Waals surface area contributed by atoms with Crippen molar-refractivity contribution in [1.29, 1.82) is 0 Å². The summed E-state index contributed by atoms with van der Waals surface area (Å²) in [5.74, 6) is 0.612. The molecule has 0 spiro atoms. The molecule has 5 heteroatoms. The van der Waals surface area contributed by atoms with Crippen LogP contribution in [-0.2, 0) is 11.4 Å². The van der Waals surface area contributed by atoms with Crippen molar-refractivity contribution in [3.8, 4) is 5.75 Å². The fraction of sp³-hybridized carbons (Fsp3) is 0.0952. The molecule has 3 aromatic rings. The van der Waals surface area contributed by atoms with Crippen LogP contribution < -0.4 is 15.4 Å². The molecule has 1 amide bonds. The Morgan fingerprint density at radius 3 is 2.42 bits per heavy atom. The third kappa shape index (κ3) is 5.77. The van der Waals surface area contributed by atoms with E-state index in [0.29, 0.717) is 12.3 Å². The fourth-order valence-electron chi connectivity index (χ4n) is 2.36. The second kappa shape index (κ2) is 9.24. The number of hydrogen-bond donors (Lipinski definition) is 2. The minimum absolute atomic E-state index is 0.108. The first-order valence-electron chi connectivity index (χ1n) is 8.25. The monoisotopic (exact) mass is 458 g/mol. The van der Waals surface area contributed by atoms with Gasteiger partial charge < -0.3 is 15.4 Å². The summed E-state index contributed by atoms with van der Waals surface area (Å²) in [6.07, 6.45) is 0. The van der Waals surface area contributed by atoms with E-state index in [1.54, 1.807) is 0 Å². The highest BCUT2D eigenvalue weighted by molar-refractivity contribution is 14.1. The molecule has 0 saturated heterocycles. The van der Waals surface area contributed by atoms with Gasteiger partial charge in [0.1, 0.15) is 12.4 Å². The number of amides is 1. The smallest absolute Gasteiger partial charge is 0.243 e. The minimum Gasteiger partial charge on any atom is -0.489 e. The molecular formula is C21H19IN2O2. The van der Waals surface area contributed by atoms with Crippen molar-refractivity contribution in [2.24, 2.45) is 0 Å². The van der Waals surface area contributed by atoms with Crippen LogP contribution >= 0.6 is 22.6 Å². The van der Waals surface area contributed by atoms with Crippen molar-refractivity contribution in [1.82, 2.24) is 0 Å². The van der Waals surface area contributed by atoms with Gasteiger partial charge in [0.2, 0.25) is 5.91 Å². The standard InChI is InChI=1S/C21H19IN2O2/c22-17-9-11-18(12-10-17)23-14-21(25)24-19-7-4-8-20(13-19)26-15-16-5-2-1-3-6-16/h1-13,23H,14-15H2,(H,24,25). The van der Waals surface area contributed by atoms with Gasteiger partial charge in [0.25, 0.3) is 0 Å². The minimum atomic E-state index is -0.108. The number of hydrogen-bond acceptors (Lipinski definition) is 3. The molecule has 0 bridgehead atoms. The van der Waals surface area contributed by atoms with Gasteiger partial charge in [-0.25, -0.2) is 0 Å². The van der Waals surface area contributed by atoms with Gasteiger partial charge in [0.15, 0.2) is 0 Å². The maximum absolute atomic E-state index is 12.1. The van der Waals surface area contributed by atoms with E-state index >= 15 is 0 Å². The van der Waals surface area contributed by atoms with Crippen LogP contribution in [0.5, 0.6) is 5.75 Å². The van der Waals surface area contributed by atoms with Crippen LogP contribution in [0.4, 0.5) is 11.4 Å². The lowest BCUT2D eigenvalue weighted by atomic mass is 10.2. The lowest BCUT2D eigenvalue weighted by Gasteiger charge is -2.10. The van der Waals surface area contributed by atoms with Crippen LogP contribution in [-0.4, -0.2) is 12.5 Å². The Morgan fingerprint density at radius 1 is 0.885 bits per heavy atom. The third-order valence-corrected chi connectivity index (χ3v) is 4.38. The molecule has 0 unspecified atom stereocenters. The van der Waals surface area contributed by atoms with Gasteiger partial charge in [-0.1, -0.05) is 36.4 Å². The normalized spacial score (nSPS) is 10.2. The topological polar surface area (TPSA) is 50.4 Å². The molecule has 2 N–H and O–H groups in total. The van der Waals surface area contributed by atoms with Gasteiger partial charge in [-0.15, -0.1) is 0 Å². The van der Waals surface area contributed by atoms with Crippen LogP contribution in [0.3, 0.4) is 0 Å². The molecule has 0 atom stereocenters. The summed E-state index contributed by atoms with van der Waals surface area (Å²) in [5, 5.41) is 5.99. The summed E-state index contributed by atoms with van der Waals surface area (Å²) in [5.41, 5.74) is 2.73. The zero-order valence-electron chi connectivity index (χ0n) is 14.1. The van der Waals surface area contributed by atoms with Crippen LogP contribution in [0.1, 0.15) is 5.56 Å². The van der Waals surface area contributed by atoms with E-state index in [1.807, 2.05) is 78.9 Å². The summed E-state index contributed by atoms with van der Waals surface area (Å²) < 4.78 is 6.94. The summed E-state index contributed by atoms with van der Waals surface area (Å²) in [6, 6.07) is 25.3. The quantitative estimate of drug-likeness (QED) is 0.495. The number of nitrogens with one attached hydrogen (secondary N) is 2. The van der Waals surface area contributed by atoms with E-state index in [0.717, 1.165) is 20.6 Å². The molecule has 0 aliphatic rings. The highest BCUT2D eigenvalue weighted by Gasteiger charge is 2.04. The van der Waals surface area contributed by atoms with E-state index in [9.17, 15) is 4.79 Å². The number of anilines is 2. The van der Waals surface area contributed by atoms with Crippen molar-refractivity contribution >= 4 is 39.9 Å². The number of benzene rings is 3. The molecule has 0 fully saturated rings. The lowest BCUT2D eigenvalue weighted by Crippen LogP contribution is -2.21. The molecule has 4 nitrogen and oxygen atoms in total. The van der Waals surface area contributed by atoms with Crippen molar-refractivity contribution in [3.05, 3.63) is 88.0 Å². The first kappa shape index (κ1) is 18.3. The largest absolute Gasteiger partial charge is 0.489 e. The second-order valence-electron chi connectivity index (χ2n) is 5.71. The molecular weight excluding hydrogens is 439 g/mol. The maximum Gasteiger partial charge on any atom is 0.243 e. The summed E-state index contributed by atoms with van der Waals surface area (Å²) >= 11 is 2.25. The van der Waals surface area contributed by atoms with Crippen molar-refractivity contribution < 1.29 is 9.53 Å². The van der Waals surface area contributed by atoms with E-state index in [4.69, 9.17) is 4.74 Å². The number of rotatable bonds is 7. The molecule has 0 saturated carbocycles. The predicted octanol–water partition coefficient (Wildman–Crippen LogP) is 4.92. The van der Waals surface area contributed by atoms with Crippen LogP contribution in [0.25, 0.3) is 0 Å². The lowest BCUT2D eigenvalue weighted by molar-refractivity contribution is -0.114. The number of carbonyl (C=O) groups is 1. The maximum atomic E-state index is 12.1. The zero-order valence-corrected chi connectivity index (χ0v) is 16.3. The predicted molar refractivity (Wildman–Crippen MR) is 113 cm³/mol. The summed E-state index contributed by atoms with van der Waals surface area (Å²) in [4.78, 5) is 12.1. The molecule has 0 aromatic heterocycles. The summed E-state index contributed by atoms with van der Waals surface area (Å²) in [7, 11) is 0. The molecule has 132 valence electrons. The molecule has 0 radical (unpaired) electrons. The molecule has 3 rings (SSSR count). The average Bonchev–Trinajstić information content (AvgIpc) is 2.67. The highest BCUT2D eigenvalue weighted by Crippen LogP contribution is 2.19. The number of carbonyl (C=O) groups excluding carboxylic acids is 1. The first-order valence-corrected chi connectivity index (χ1v) is 9.33. The van der Waals surface area contributed by atoms with Crippen molar-refractivity contribution in [2.75, 3.05) is 17.2 Å². The molecule has 0 aliphatic heterocycles. The number of halogens is 1. The van der Waals surface area contributed by atoms with Gasteiger partial charge in [0.05, 0.1) is 6.54 Å². The van der Waals surface area contributed by atoms with E-state index in [1.165, 1.54) is 0 Å². The van der Waals surface area contributed by atoms with Gasteiger partial charge in [0, 0.05) is 21.0 Å². The Bertz CT molecular complexity index is 851. The number of ether oxygens (including phenoxy) is 1. The van der Waals surface area contributed by atoms with E-state index in [2.05, 4.69) is 33.2 Å². The Kier molecular flexibility index (Phi) is 6.49. The van der Waals surface area contributed by atoms with Crippen LogP contribution in [0.2, 0.25) is 0 Å². The first-order chi connectivity index (χ1) is 12.7. The van der Waals surface area contributed by atoms with Crippen LogP contribution in [0, 0.1) is 3.57 Å². The molecule has 0 aliphatic carbocycles. The fourth-order valence-corrected chi connectivity index (χ4v) is 2.72. The molecule has 3 aromatic carbocycles. The van der Waals surface area contributed by atoms with Gasteiger partial charge in [-0.05, 0) is 64.6 Å². The molecule has 0 heterocycles. The van der Waals surface area contributed by atoms with Gasteiger partial charge >= 0.3 is 0 Å². The second-order valence-corrected chi connectivity index (χ2v) is 6.96. The Balaban J connectivity index is 1.51. The van der Waals surface area contributed by atoms with Gasteiger partial charge in [-0.3, -0.25) is 4.79 Å². The molecule has 26 heavy (non-hydrogen) atoms. The summed E-state index contributed by atoms with van der Waals surface area (Å²) in [6.45, 7) is 0.697. The van der Waals surface area contributed by atoms with E-state index in [-0.39, 0.29) is 12.5 Å². The zero-order chi connectivity index (χ0) is 18.2. The van der Waals surface area contributed by atoms with Crippen molar-refractivity contribution in [2.45, 2.75) is 6.61 Å². The van der Waals surface area contributed by atoms with Crippen LogP contribution in [0.15, 0.2) is 78.9 Å². The Labute approximate surface area is 166 Å². The van der Waals surface area contributed by atoms with Gasteiger partial charge in [-0.2, -0.15) is 0 Å². The van der Waals surface area contributed by atoms with Crippen molar-refractivity contribution in [3.63, 3.8) is 0 Å².